The van der Waals surface area contributed by atoms with Crippen LogP contribution >= 0.6 is 0 Å². The molecule has 4 rings (SSSR count). The molecule has 1 aliphatic carbocycles. The lowest BCUT2D eigenvalue weighted by Gasteiger charge is -2.11. The van der Waals surface area contributed by atoms with E-state index in [2.05, 4.69) is 15.3 Å². The molecular weight excluding hydrogens is 335 g/mol. The van der Waals surface area contributed by atoms with Gasteiger partial charge >= 0.3 is 0 Å². The fourth-order valence-electron chi connectivity index (χ4n) is 3.20. The Morgan fingerprint density at radius 1 is 1.38 bits per heavy atom. The third kappa shape index (κ3) is 2.69. The van der Waals surface area contributed by atoms with Gasteiger partial charge in [-0.2, -0.15) is 0 Å². The second-order valence-electron chi connectivity index (χ2n) is 6.58. The first-order chi connectivity index (χ1) is 12.5. The molecule has 0 unspecified atom stereocenters. The highest BCUT2D eigenvalue weighted by Gasteiger charge is 2.43. The topological polar surface area (TPSA) is 69.0 Å². The van der Waals surface area contributed by atoms with E-state index >= 15 is 0 Å². The molecule has 0 aliphatic heterocycles. The largest absolute Gasteiger partial charge is 0.480 e. The number of fused-ring (bicyclic) bond motifs is 1. The molecule has 0 radical (unpaired) electrons. The predicted molar refractivity (Wildman–Crippen MR) is 96.9 cm³/mol. The van der Waals surface area contributed by atoms with E-state index in [1.54, 1.807) is 25.6 Å². The number of hydrogen-bond donors (Lipinski definition) is 1. The minimum absolute atomic E-state index is 0.295. The maximum absolute atomic E-state index is 13.0. The number of aryl methyl sites for hydroxylation is 2. The summed E-state index contributed by atoms with van der Waals surface area (Å²) >= 11 is 0. The Morgan fingerprint density at radius 2 is 2.15 bits per heavy atom. The van der Waals surface area contributed by atoms with Crippen molar-refractivity contribution in [1.82, 2.24) is 14.5 Å². The van der Waals surface area contributed by atoms with E-state index in [4.69, 9.17) is 4.74 Å². The summed E-state index contributed by atoms with van der Waals surface area (Å²) < 4.78 is 20.5. The van der Waals surface area contributed by atoms with Crippen molar-refractivity contribution < 1.29 is 13.9 Å². The number of pyridine rings is 2. The Bertz CT molecular complexity index is 1010. The van der Waals surface area contributed by atoms with Crippen LogP contribution in [0.1, 0.15) is 12.0 Å². The third-order valence-electron chi connectivity index (χ3n) is 4.80. The van der Waals surface area contributed by atoms with Gasteiger partial charge in [0.2, 0.25) is 11.8 Å². The Balaban J connectivity index is 1.74. The number of hydrogen-bond acceptors (Lipinski definition) is 4. The molecule has 1 saturated carbocycles. The van der Waals surface area contributed by atoms with Crippen LogP contribution in [-0.4, -0.2) is 33.7 Å². The molecule has 1 aliphatic rings. The molecule has 0 saturated heterocycles. The van der Waals surface area contributed by atoms with Gasteiger partial charge in [-0.3, -0.25) is 4.79 Å². The fraction of sp³-hybridized carbons (Fsp3) is 0.316. The summed E-state index contributed by atoms with van der Waals surface area (Å²) in [7, 11) is 3.54. The van der Waals surface area contributed by atoms with Gasteiger partial charge in [0.15, 0.2) is 0 Å². The van der Waals surface area contributed by atoms with Gasteiger partial charge in [-0.1, -0.05) is 0 Å². The second-order valence-corrected chi connectivity index (χ2v) is 6.58. The van der Waals surface area contributed by atoms with Crippen LogP contribution in [0.25, 0.3) is 22.2 Å². The summed E-state index contributed by atoms with van der Waals surface area (Å²) in [6.45, 7) is 2.00. The lowest BCUT2D eigenvalue weighted by atomic mass is 10.1. The van der Waals surface area contributed by atoms with Crippen LogP contribution < -0.4 is 10.1 Å². The van der Waals surface area contributed by atoms with Crippen LogP contribution in [0.15, 0.2) is 30.6 Å². The lowest BCUT2D eigenvalue weighted by molar-refractivity contribution is -0.117. The fourth-order valence-corrected chi connectivity index (χ4v) is 3.20. The molecular formula is C19H19FN4O2. The highest BCUT2D eigenvalue weighted by atomic mass is 19.1. The van der Waals surface area contributed by atoms with Gasteiger partial charge in [0, 0.05) is 18.6 Å². The van der Waals surface area contributed by atoms with E-state index in [9.17, 15) is 9.18 Å². The number of halogens is 1. The first-order valence-electron chi connectivity index (χ1n) is 8.40. The van der Waals surface area contributed by atoms with Gasteiger partial charge in [0.1, 0.15) is 12.0 Å². The van der Waals surface area contributed by atoms with Crippen molar-refractivity contribution in [3.63, 3.8) is 0 Å². The van der Waals surface area contributed by atoms with Crippen molar-refractivity contribution in [3.05, 3.63) is 36.2 Å². The number of alkyl halides is 1. The highest BCUT2D eigenvalue weighted by Crippen LogP contribution is 2.36. The SMILES string of the molecule is COc1nccc(C)c1-c1cc2cc(NC(=O)[C@@H]3C[C@@H]3F)ncc2n1C. The number of rotatable bonds is 4. The van der Waals surface area contributed by atoms with E-state index in [1.807, 2.05) is 30.7 Å². The average molecular weight is 354 g/mol. The van der Waals surface area contributed by atoms with Gasteiger partial charge in [-0.25, -0.2) is 14.4 Å². The third-order valence-corrected chi connectivity index (χ3v) is 4.80. The van der Waals surface area contributed by atoms with Crippen LogP contribution in [0.4, 0.5) is 10.2 Å². The number of carbonyl (C=O) groups is 1. The minimum atomic E-state index is -1.02. The van der Waals surface area contributed by atoms with E-state index < -0.39 is 12.1 Å². The number of nitrogens with zero attached hydrogens (tertiary/aromatic N) is 3. The Kier molecular flexibility index (Phi) is 3.86. The van der Waals surface area contributed by atoms with E-state index in [0.29, 0.717) is 18.1 Å². The number of aromatic nitrogens is 3. The molecule has 1 N–H and O–H groups in total. The smallest absolute Gasteiger partial charge is 0.231 e. The van der Waals surface area contributed by atoms with Crippen LogP contribution in [0.3, 0.4) is 0 Å². The number of anilines is 1. The molecule has 1 fully saturated rings. The molecule has 6 nitrogen and oxygen atoms in total. The molecule has 0 aromatic carbocycles. The van der Waals surface area contributed by atoms with Gasteiger partial charge in [-0.15, -0.1) is 0 Å². The van der Waals surface area contributed by atoms with Crippen LogP contribution in [0.5, 0.6) is 5.88 Å². The predicted octanol–water partition coefficient (Wildman–Crippen LogP) is 3.25. The van der Waals surface area contributed by atoms with Crippen molar-refractivity contribution in [1.29, 1.82) is 0 Å². The van der Waals surface area contributed by atoms with Gasteiger partial charge in [0.05, 0.1) is 36.0 Å². The zero-order valence-corrected chi connectivity index (χ0v) is 14.8. The number of methoxy groups -OCH3 is 1. The van der Waals surface area contributed by atoms with Crippen LogP contribution in [0, 0.1) is 12.8 Å². The maximum atomic E-state index is 13.0. The normalized spacial score (nSPS) is 18.8. The summed E-state index contributed by atoms with van der Waals surface area (Å²) in [5, 5.41) is 3.61. The van der Waals surface area contributed by atoms with E-state index in [0.717, 1.165) is 27.7 Å². The first-order valence-corrected chi connectivity index (χ1v) is 8.40. The zero-order chi connectivity index (χ0) is 18.4. The maximum Gasteiger partial charge on any atom is 0.231 e. The summed E-state index contributed by atoms with van der Waals surface area (Å²) in [4.78, 5) is 20.5. The molecule has 1 amide bonds. The van der Waals surface area contributed by atoms with Gasteiger partial charge < -0.3 is 14.6 Å². The highest BCUT2D eigenvalue weighted by molar-refractivity contribution is 5.96. The van der Waals surface area contributed by atoms with Crippen molar-refractivity contribution in [3.8, 4) is 17.1 Å². The molecule has 134 valence electrons. The Morgan fingerprint density at radius 3 is 2.85 bits per heavy atom. The van der Waals surface area contributed by atoms with Crippen molar-refractivity contribution >= 4 is 22.6 Å². The van der Waals surface area contributed by atoms with E-state index in [-0.39, 0.29) is 5.91 Å². The summed E-state index contributed by atoms with van der Waals surface area (Å²) in [6, 6.07) is 5.74. The molecule has 7 heteroatoms. The Hall–Kier alpha value is -2.96. The van der Waals surface area contributed by atoms with Gasteiger partial charge in [-0.05, 0) is 37.1 Å². The van der Waals surface area contributed by atoms with Crippen molar-refractivity contribution in [2.75, 3.05) is 12.4 Å². The second kappa shape index (κ2) is 6.09. The number of amides is 1. The van der Waals surface area contributed by atoms with Crippen LogP contribution in [-0.2, 0) is 11.8 Å². The summed E-state index contributed by atoms with van der Waals surface area (Å²) in [5.41, 5.74) is 3.82. The molecule has 0 bridgehead atoms. The molecule has 26 heavy (non-hydrogen) atoms. The number of ether oxygens (including phenoxy) is 1. The molecule has 2 atom stereocenters. The lowest BCUT2D eigenvalue weighted by Crippen LogP contribution is -2.15. The van der Waals surface area contributed by atoms with E-state index in [1.165, 1.54) is 0 Å². The first kappa shape index (κ1) is 16.5. The molecule has 3 aromatic heterocycles. The molecule has 0 spiro atoms. The molecule has 3 heterocycles. The molecule has 3 aromatic rings. The Labute approximate surface area is 150 Å². The summed E-state index contributed by atoms with van der Waals surface area (Å²) in [5.74, 6) is 0.125. The van der Waals surface area contributed by atoms with Crippen molar-refractivity contribution in [2.45, 2.75) is 19.5 Å². The monoisotopic (exact) mass is 354 g/mol. The minimum Gasteiger partial charge on any atom is -0.480 e. The summed E-state index contributed by atoms with van der Waals surface area (Å²) in [6.07, 6.45) is 2.69. The van der Waals surface area contributed by atoms with Gasteiger partial charge in [0.25, 0.3) is 0 Å². The quantitative estimate of drug-likeness (QED) is 0.781. The number of carbonyl (C=O) groups excluding carboxylic acids is 1. The standard InChI is InChI=1S/C19H19FN4O2/c1-10-4-5-21-19(26-3)17(10)14-6-11-7-16(22-9-15(11)24(14)2)23-18(25)12-8-13(12)20/h4-7,9,12-13H,8H2,1-3H3,(H,22,23,25)/t12-,13+/m1/s1. The zero-order valence-electron chi connectivity index (χ0n) is 14.8. The number of nitrogens with one attached hydrogen (secondary N) is 1. The van der Waals surface area contributed by atoms with Crippen LogP contribution in [0.2, 0.25) is 0 Å². The van der Waals surface area contributed by atoms with Crippen molar-refractivity contribution in [2.24, 2.45) is 13.0 Å². The average Bonchev–Trinajstić information content (AvgIpc) is 3.28.